The van der Waals surface area contributed by atoms with Crippen LogP contribution in [-0.2, 0) is 0 Å². The van der Waals surface area contributed by atoms with E-state index in [4.69, 9.17) is 20.4 Å². The Hall–Kier alpha value is -0.880. The molecule has 0 aliphatic rings. The monoisotopic (exact) mass is 154 g/mol. The SMILES string of the molecule is CC(C)CO.N.O=[N+]([O-])O. The quantitative estimate of drug-likeness (QED) is 0.374. The Labute approximate surface area is 59.2 Å². The molecule has 0 aliphatic heterocycles. The molecule has 0 aromatic carbocycles. The molecule has 10 heavy (non-hydrogen) atoms. The van der Waals surface area contributed by atoms with Crippen LogP contribution < -0.4 is 6.15 Å². The molecule has 6 heteroatoms. The summed E-state index contributed by atoms with van der Waals surface area (Å²) < 4.78 is 0. The highest BCUT2D eigenvalue weighted by molar-refractivity contribution is 4.32. The van der Waals surface area contributed by atoms with Crippen LogP contribution in [0.4, 0.5) is 0 Å². The maximum atomic E-state index is 8.36. The van der Waals surface area contributed by atoms with E-state index in [9.17, 15) is 0 Å². The molecule has 0 unspecified atom stereocenters. The largest absolute Gasteiger partial charge is 0.396 e. The van der Waals surface area contributed by atoms with Crippen molar-refractivity contribution in [3.8, 4) is 0 Å². The van der Waals surface area contributed by atoms with E-state index in [1.807, 2.05) is 13.8 Å². The van der Waals surface area contributed by atoms with Crippen LogP contribution in [0.5, 0.6) is 0 Å². The average Bonchev–Trinajstić information content (AvgIpc) is 1.65. The van der Waals surface area contributed by atoms with Crippen molar-refractivity contribution in [2.45, 2.75) is 13.8 Å². The van der Waals surface area contributed by atoms with Gasteiger partial charge in [-0.3, -0.25) is 0 Å². The molecular weight excluding hydrogens is 140 g/mol. The summed E-state index contributed by atoms with van der Waals surface area (Å²) in [5.74, 6) is 0.440. The number of hydrogen-bond acceptors (Lipinski definition) is 4. The van der Waals surface area contributed by atoms with Crippen LogP contribution in [-0.4, -0.2) is 22.0 Å². The minimum absolute atomic E-state index is 0. The fraction of sp³-hybridized carbons (Fsp3) is 1.00. The molecule has 6 nitrogen and oxygen atoms in total. The van der Waals surface area contributed by atoms with Gasteiger partial charge >= 0.3 is 0 Å². The first-order valence-corrected chi connectivity index (χ1v) is 2.44. The van der Waals surface area contributed by atoms with Crippen molar-refractivity contribution in [2.24, 2.45) is 5.92 Å². The lowest BCUT2D eigenvalue weighted by atomic mass is 10.2. The Morgan fingerprint density at radius 2 is 1.70 bits per heavy atom. The second kappa shape index (κ2) is 11.0. The Morgan fingerprint density at radius 1 is 1.60 bits per heavy atom. The molecule has 64 valence electrons. The summed E-state index contributed by atoms with van der Waals surface area (Å²) in [5.41, 5.74) is 0. The summed E-state index contributed by atoms with van der Waals surface area (Å²) >= 11 is 0. The zero-order chi connectivity index (χ0) is 7.86. The van der Waals surface area contributed by atoms with Crippen LogP contribution in [0.1, 0.15) is 13.8 Å². The van der Waals surface area contributed by atoms with Crippen LogP contribution >= 0.6 is 0 Å². The van der Waals surface area contributed by atoms with Gasteiger partial charge in [-0.15, -0.1) is 10.1 Å². The molecule has 0 radical (unpaired) electrons. The standard InChI is InChI=1S/C4H10O.HNO3.H3N/c1-4(2)3-5;2-1(3)4;/h4-5H,3H2,1-2H3;(H,2,3,4);1H3. The zero-order valence-corrected chi connectivity index (χ0v) is 6.15. The van der Waals surface area contributed by atoms with E-state index in [0.717, 1.165) is 0 Å². The molecule has 0 fully saturated rings. The summed E-state index contributed by atoms with van der Waals surface area (Å²) in [6.45, 7) is 4.25. The zero-order valence-electron chi connectivity index (χ0n) is 6.15. The van der Waals surface area contributed by atoms with Gasteiger partial charge in [0.05, 0.1) is 0 Å². The maximum absolute atomic E-state index is 8.36. The lowest BCUT2D eigenvalue weighted by molar-refractivity contribution is -0.742. The lowest BCUT2D eigenvalue weighted by Gasteiger charge is -1.90. The van der Waals surface area contributed by atoms with E-state index in [-0.39, 0.29) is 6.15 Å². The molecule has 0 aromatic rings. The summed E-state index contributed by atoms with van der Waals surface area (Å²) in [6, 6.07) is 0. The second-order valence-corrected chi connectivity index (χ2v) is 1.81. The number of aliphatic hydroxyl groups excluding tert-OH is 1. The summed E-state index contributed by atoms with van der Waals surface area (Å²) in [5, 5.41) is 21.8. The van der Waals surface area contributed by atoms with Gasteiger partial charge in [0.2, 0.25) is 0 Å². The lowest BCUT2D eigenvalue weighted by Crippen LogP contribution is -1.90. The molecule has 0 aromatic heterocycles. The third kappa shape index (κ3) is 213. The topological polar surface area (TPSA) is 119 Å². The Morgan fingerprint density at radius 3 is 1.70 bits per heavy atom. The fourth-order valence-corrected chi connectivity index (χ4v) is 0. The Bertz CT molecular complexity index is 71.7. The summed E-state index contributed by atoms with van der Waals surface area (Å²) in [6.07, 6.45) is 0. The Balaban J connectivity index is -0.0000000910. The van der Waals surface area contributed by atoms with Gasteiger partial charge in [-0.1, -0.05) is 13.8 Å². The minimum Gasteiger partial charge on any atom is -0.396 e. The molecule has 0 bridgehead atoms. The fourth-order valence-electron chi connectivity index (χ4n) is 0. The number of rotatable bonds is 1. The molecular formula is C4H14N2O4. The highest BCUT2D eigenvalue weighted by Gasteiger charge is 1.81. The van der Waals surface area contributed by atoms with E-state index in [2.05, 4.69) is 0 Å². The Kier molecular flexibility index (Phi) is 17.6. The molecule has 5 N–H and O–H groups in total. The van der Waals surface area contributed by atoms with Gasteiger partial charge in [-0.05, 0) is 5.92 Å². The first-order chi connectivity index (χ1) is 4.00. The van der Waals surface area contributed by atoms with Gasteiger partial charge in [0.1, 0.15) is 0 Å². The van der Waals surface area contributed by atoms with Gasteiger partial charge in [0.25, 0.3) is 5.09 Å². The predicted octanol–water partition coefficient (Wildman–Crippen LogP) is 0.449. The van der Waals surface area contributed by atoms with Gasteiger partial charge in [-0.2, -0.15) is 0 Å². The molecule has 0 saturated carbocycles. The van der Waals surface area contributed by atoms with Crippen LogP contribution in [0.2, 0.25) is 0 Å². The molecule has 0 atom stereocenters. The van der Waals surface area contributed by atoms with E-state index < -0.39 is 5.09 Å². The molecule has 0 rings (SSSR count). The number of aliphatic hydroxyl groups is 1. The predicted molar refractivity (Wildman–Crippen MR) is 35.7 cm³/mol. The van der Waals surface area contributed by atoms with Crippen molar-refractivity contribution in [3.05, 3.63) is 10.1 Å². The third-order valence-electron chi connectivity index (χ3n) is 0.365. The molecule has 0 saturated heterocycles. The molecule has 0 aliphatic carbocycles. The average molecular weight is 154 g/mol. The van der Waals surface area contributed by atoms with Gasteiger partial charge in [0.15, 0.2) is 0 Å². The van der Waals surface area contributed by atoms with Crippen molar-refractivity contribution in [3.63, 3.8) is 0 Å². The van der Waals surface area contributed by atoms with Crippen LogP contribution in [0.15, 0.2) is 0 Å². The third-order valence-corrected chi connectivity index (χ3v) is 0.365. The summed E-state index contributed by atoms with van der Waals surface area (Å²) in [7, 11) is 0. The van der Waals surface area contributed by atoms with Gasteiger partial charge in [0, 0.05) is 6.61 Å². The van der Waals surface area contributed by atoms with Gasteiger partial charge in [-0.25, -0.2) is 0 Å². The van der Waals surface area contributed by atoms with Crippen molar-refractivity contribution in [2.75, 3.05) is 6.61 Å². The van der Waals surface area contributed by atoms with E-state index in [1.54, 1.807) is 0 Å². The van der Waals surface area contributed by atoms with Crippen LogP contribution in [0.3, 0.4) is 0 Å². The highest BCUT2D eigenvalue weighted by atomic mass is 16.9. The maximum Gasteiger partial charge on any atom is 0.291 e. The van der Waals surface area contributed by atoms with E-state index in [1.165, 1.54) is 0 Å². The van der Waals surface area contributed by atoms with Crippen LogP contribution in [0, 0.1) is 16.0 Å². The number of nitrogens with zero attached hydrogens (tertiary/aromatic N) is 1. The first kappa shape index (κ1) is 16.1. The van der Waals surface area contributed by atoms with Gasteiger partial charge < -0.3 is 16.5 Å². The van der Waals surface area contributed by atoms with Crippen molar-refractivity contribution in [1.29, 1.82) is 0 Å². The van der Waals surface area contributed by atoms with Crippen molar-refractivity contribution in [1.82, 2.24) is 6.15 Å². The van der Waals surface area contributed by atoms with Crippen molar-refractivity contribution >= 4 is 0 Å². The molecule has 0 heterocycles. The first-order valence-electron chi connectivity index (χ1n) is 2.44. The molecule has 0 amide bonds. The highest BCUT2D eigenvalue weighted by Crippen LogP contribution is 1.83. The number of hydrogen-bond donors (Lipinski definition) is 3. The van der Waals surface area contributed by atoms with E-state index >= 15 is 0 Å². The smallest absolute Gasteiger partial charge is 0.291 e. The normalized spacial score (nSPS) is 7.20. The van der Waals surface area contributed by atoms with Crippen molar-refractivity contribution < 1.29 is 15.4 Å². The second-order valence-electron chi connectivity index (χ2n) is 1.81. The molecule has 0 spiro atoms. The minimum atomic E-state index is -1.50. The van der Waals surface area contributed by atoms with E-state index in [0.29, 0.717) is 12.5 Å². The van der Waals surface area contributed by atoms with Crippen LogP contribution in [0.25, 0.3) is 0 Å². The summed E-state index contributed by atoms with van der Waals surface area (Å²) in [4.78, 5) is 8.36.